The Labute approximate surface area is 126 Å². The molecule has 1 fully saturated rings. The number of hydrogen-bond donors (Lipinski definition) is 2. The van der Waals surface area contributed by atoms with E-state index in [1.807, 2.05) is 0 Å². The third-order valence-corrected chi connectivity index (χ3v) is 3.91. The Hall–Kier alpha value is -0.980. The monoisotopic (exact) mass is 344 g/mol. The minimum Gasteiger partial charge on any atom is -0.395 e. The number of rotatable bonds is 5. The van der Waals surface area contributed by atoms with Gasteiger partial charge < -0.3 is 15.3 Å². The van der Waals surface area contributed by atoms with Gasteiger partial charge in [-0.1, -0.05) is 15.9 Å². The molecule has 2 rings (SSSR count). The summed E-state index contributed by atoms with van der Waals surface area (Å²) in [5, 5.41) is 12.4. The lowest BCUT2D eigenvalue weighted by Gasteiger charge is -2.25. The standard InChI is InChI=1S/C14H18BrFN2O2/c15-10-3-4-13(16)12(8-10)14(20)18(6-7-19)9-11-2-1-5-17-11/h3-4,8,11,17,19H,1-2,5-7,9H2. The molecule has 0 aromatic heterocycles. The van der Waals surface area contributed by atoms with Gasteiger partial charge in [0.1, 0.15) is 5.82 Å². The lowest BCUT2D eigenvalue weighted by atomic mass is 10.1. The molecule has 1 aliphatic heterocycles. The maximum absolute atomic E-state index is 13.8. The highest BCUT2D eigenvalue weighted by molar-refractivity contribution is 9.10. The second kappa shape index (κ2) is 7.15. The van der Waals surface area contributed by atoms with E-state index in [1.54, 1.807) is 6.07 Å². The average molecular weight is 345 g/mol. The van der Waals surface area contributed by atoms with Gasteiger partial charge in [0.25, 0.3) is 5.91 Å². The van der Waals surface area contributed by atoms with Crippen LogP contribution < -0.4 is 5.32 Å². The van der Waals surface area contributed by atoms with Crippen molar-refractivity contribution in [3.05, 3.63) is 34.1 Å². The van der Waals surface area contributed by atoms with Crippen molar-refractivity contribution < 1.29 is 14.3 Å². The summed E-state index contributed by atoms with van der Waals surface area (Å²) in [6.07, 6.45) is 2.08. The van der Waals surface area contributed by atoms with Crippen molar-refractivity contribution in [2.45, 2.75) is 18.9 Å². The van der Waals surface area contributed by atoms with Gasteiger partial charge in [-0.05, 0) is 37.6 Å². The summed E-state index contributed by atoms with van der Waals surface area (Å²) >= 11 is 3.24. The van der Waals surface area contributed by atoms with Crippen LogP contribution in [0.15, 0.2) is 22.7 Å². The maximum atomic E-state index is 13.8. The van der Waals surface area contributed by atoms with Gasteiger partial charge in [-0.25, -0.2) is 4.39 Å². The fraction of sp³-hybridized carbons (Fsp3) is 0.500. The molecule has 110 valence electrons. The molecule has 6 heteroatoms. The second-order valence-electron chi connectivity index (χ2n) is 4.89. The predicted molar refractivity (Wildman–Crippen MR) is 78.1 cm³/mol. The van der Waals surface area contributed by atoms with E-state index in [4.69, 9.17) is 5.11 Å². The number of benzene rings is 1. The van der Waals surface area contributed by atoms with Crippen molar-refractivity contribution in [2.75, 3.05) is 26.2 Å². The lowest BCUT2D eigenvalue weighted by molar-refractivity contribution is 0.0702. The number of hydrogen-bond acceptors (Lipinski definition) is 3. The molecule has 0 aliphatic carbocycles. The second-order valence-corrected chi connectivity index (χ2v) is 5.81. The normalized spacial score (nSPS) is 18.2. The molecule has 4 nitrogen and oxygen atoms in total. The zero-order chi connectivity index (χ0) is 14.5. The number of amides is 1. The topological polar surface area (TPSA) is 52.6 Å². The highest BCUT2D eigenvalue weighted by Gasteiger charge is 2.24. The number of carbonyl (C=O) groups excluding carboxylic acids is 1. The van der Waals surface area contributed by atoms with Crippen molar-refractivity contribution in [2.24, 2.45) is 0 Å². The molecule has 1 atom stereocenters. The highest BCUT2D eigenvalue weighted by atomic mass is 79.9. The van der Waals surface area contributed by atoms with Crippen LogP contribution >= 0.6 is 15.9 Å². The molecular formula is C14H18BrFN2O2. The Morgan fingerprint density at radius 1 is 1.55 bits per heavy atom. The minimum absolute atomic E-state index is 0.0332. The highest BCUT2D eigenvalue weighted by Crippen LogP contribution is 2.18. The summed E-state index contributed by atoms with van der Waals surface area (Å²) < 4.78 is 14.4. The molecule has 1 amide bonds. The van der Waals surface area contributed by atoms with E-state index in [0.29, 0.717) is 11.0 Å². The first-order valence-electron chi connectivity index (χ1n) is 6.70. The molecule has 20 heavy (non-hydrogen) atoms. The average Bonchev–Trinajstić information content (AvgIpc) is 2.93. The van der Waals surface area contributed by atoms with E-state index in [1.165, 1.54) is 17.0 Å². The Morgan fingerprint density at radius 2 is 2.35 bits per heavy atom. The molecule has 0 spiro atoms. The predicted octanol–water partition coefficient (Wildman–Crippen LogP) is 1.77. The van der Waals surface area contributed by atoms with E-state index >= 15 is 0 Å². The largest absolute Gasteiger partial charge is 0.395 e. The molecule has 1 unspecified atom stereocenters. The molecule has 0 saturated carbocycles. The van der Waals surface area contributed by atoms with Crippen LogP contribution in [0.2, 0.25) is 0 Å². The third kappa shape index (κ3) is 3.77. The van der Waals surface area contributed by atoms with Gasteiger partial charge in [0.2, 0.25) is 0 Å². The van der Waals surface area contributed by atoms with Gasteiger partial charge in [-0.15, -0.1) is 0 Å². The van der Waals surface area contributed by atoms with E-state index in [0.717, 1.165) is 19.4 Å². The summed E-state index contributed by atoms with van der Waals surface area (Å²) in [4.78, 5) is 13.9. The Balaban J connectivity index is 2.14. The maximum Gasteiger partial charge on any atom is 0.257 e. The van der Waals surface area contributed by atoms with Crippen LogP contribution in [0.4, 0.5) is 4.39 Å². The summed E-state index contributed by atoms with van der Waals surface area (Å²) in [5.74, 6) is -0.924. The fourth-order valence-electron chi connectivity index (χ4n) is 2.41. The number of aliphatic hydroxyl groups is 1. The summed E-state index contributed by atoms with van der Waals surface area (Å²) in [5.41, 5.74) is 0.0332. The molecule has 0 radical (unpaired) electrons. The summed E-state index contributed by atoms with van der Waals surface area (Å²) in [6, 6.07) is 4.52. The van der Waals surface area contributed by atoms with E-state index in [2.05, 4.69) is 21.2 Å². The van der Waals surface area contributed by atoms with Gasteiger partial charge in [0.05, 0.1) is 12.2 Å². The smallest absolute Gasteiger partial charge is 0.257 e. The zero-order valence-corrected chi connectivity index (χ0v) is 12.7. The number of nitrogens with one attached hydrogen (secondary N) is 1. The molecule has 2 N–H and O–H groups in total. The first-order chi connectivity index (χ1) is 9.61. The number of carbonyl (C=O) groups is 1. The van der Waals surface area contributed by atoms with Gasteiger partial charge in [0.15, 0.2) is 0 Å². The third-order valence-electron chi connectivity index (χ3n) is 3.42. The molecule has 1 saturated heterocycles. The lowest BCUT2D eigenvalue weighted by Crippen LogP contribution is -2.42. The van der Waals surface area contributed by atoms with Gasteiger partial charge >= 0.3 is 0 Å². The van der Waals surface area contributed by atoms with Crippen molar-refractivity contribution in [1.82, 2.24) is 10.2 Å². The van der Waals surface area contributed by atoms with Crippen LogP contribution in [0.5, 0.6) is 0 Å². The van der Waals surface area contributed by atoms with Crippen molar-refractivity contribution >= 4 is 21.8 Å². The Bertz CT molecular complexity index is 478. The Morgan fingerprint density at radius 3 is 3.00 bits per heavy atom. The minimum atomic E-state index is -0.541. The van der Waals surface area contributed by atoms with Crippen LogP contribution in [0, 0.1) is 5.82 Å². The van der Waals surface area contributed by atoms with Crippen molar-refractivity contribution in [3.8, 4) is 0 Å². The molecule has 1 aliphatic rings. The quantitative estimate of drug-likeness (QED) is 0.855. The van der Waals surface area contributed by atoms with Gasteiger partial charge in [0, 0.05) is 23.6 Å². The van der Waals surface area contributed by atoms with Crippen LogP contribution in [0.1, 0.15) is 23.2 Å². The van der Waals surface area contributed by atoms with Crippen LogP contribution in [-0.2, 0) is 0 Å². The summed E-state index contributed by atoms with van der Waals surface area (Å²) in [7, 11) is 0. The summed E-state index contributed by atoms with van der Waals surface area (Å²) in [6.45, 7) is 1.51. The van der Waals surface area contributed by atoms with Crippen molar-refractivity contribution in [3.63, 3.8) is 0 Å². The SMILES string of the molecule is O=C(c1cc(Br)ccc1F)N(CCO)CC1CCCN1. The zero-order valence-electron chi connectivity index (χ0n) is 11.1. The molecule has 0 bridgehead atoms. The number of aliphatic hydroxyl groups excluding tert-OH is 1. The van der Waals surface area contributed by atoms with E-state index in [-0.39, 0.29) is 30.7 Å². The Kier molecular flexibility index (Phi) is 5.51. The van der Waals surface area contributed by atoms with Gasteiger partial charge in [-0.3, -0.25) is 4.79 Å². The van der Waals surface area contributed by atoms with Crippen LogP contribution in [-0.4, -0.2) is 48.2 Å². The number of halogens is 2. The van der Waals surface area contributed by atoms with E-state index in [9.17, 15) is 9.18 Å². The fourth-order valence-corrected chi connectivity index (χ4v) is 2.77. The number of nitrogens with zero attached hydrogens (tertiary/aromatic N) is 1. The van der Waals surface area contributed by atoms with E-state index < -0.39 is 5.82 Å². The van der Waals surface area contributed by atoms with Gasteiger partial charge in [-0.2, -0.15) is 0 Å². The molecule has 1 heterocycles. The molecule has 1 aromatic rings. The first kappa shape index (κ1) is 15.4. The molecular weight excluding hydrogens is 327 g/mol. The van der Waals surface area contributed by atoms with Crippen LogP contribution in [0.3, 0.4) is 0 Å². The van der Waals surface area contributed by atoms with Crippen LogP contribution in [0.25, 0.3) is 0 Å². The first-order valence-corrected chi connectivity index (χ1v) is 7.49. The van der Waals surface area contributed by atoms with Crippen molar-refractivity contribution in [1.29, 1.82) is 0 Å². The molecule has 1 aromatic carbocycles.